The van der Waals surface area contributed by atoms with Crippen LogP contribution in [0, 0.1) is 11.8 Å². The van der Waals surface area contributed by atoms with Gasteiger partial charge in [0.05, 0.1) is 11.8 Å². The molecule has 8 nitrogen and oxygen atoms in total. The number of anilines is 1. The number of hydrogen-bond donors (Lipinski definition) is 1. The molecule has 29 heavy (non-hydrogen) atoms. The second-order valence-corrected chi connectivity index (χ2v) is 6.87. The van der Waals surface area contributed by atoms with Gasteiger partial charge in [-0.15, -0.1) is 0 Å². The number of carbonyl (C=O) groups excluding carboxylic acids is 4. The fourth-order valence-corrected chi connectivity index (χ4v) is 3.62. The number of carbonyl (C=O) groups is 4. The summed E-state index contributed by atoms with van der Waals surface area (Å²) in [5, 5.41) is 2.42. The first-order chi connectivity index (χ1) is 13.8. The molecule has 3 amide bonds. The zero-order valence-corrected chi connectivity index (χ0v) is 15.4. The van der Waals surface area contributed by atoms with Crippen LogP contribution in [0.2, 0.25) is 0 Å². The van der Waals surface area contributed by atoms with Gasteiger partial charge in [0.1, 0.15) is 12.3 Å². The molecule has 0 bridgehead atoms. The van der Waals surface area contributed by atoms with Crippen molar-refractivity contribution in [3.8, 4) is 5.75 Å². The summed E-state index contributed by atoms with van der Waals surface area (Å²) >= 11 is 0. The second kappa shape index (κ2) is 8.97. The second-order valence-electron chi connectivity index (χ2n) is 6.87. The van der Waals surface area contributed by atoms with E-state index in [-0.39, 0.29) is 29.4 Å². The van der Waals surface area contributed by atoms with Crippen LogP contribution in [-0.2, 0) is 23.9 Å². The Labute approximate surface area is 165 Å². The van der Waals surface area contributed by atoms with Gasteiger partial charge in [-0.2, -0.15) is 8.78 Å². The zero-order chi connectivity index (χ0) is 21.0. The molecule has 0 radical (unpaired) electrons. The van der Waals surface area contributed by atoms with Gasteiger partial charge >= 0.3 is 12.6 Å². The Morgan fingerprint density at radius 1 is 1.07 bits per heavy atom. The van der Waals surface area contributed by atoms with Gasteiger partial charge in [0.25, 0.3) is 5.91 Å². The quantitative estimate of drug-likeness (QED) is 0.545. The van der Waals surface area contributed by atoms with E-state index in [1.54, 1.807) is 0 Å². The molecule has 0 aromatic heterocycles. The highest BCUT2D eigenvalue weighted by Crippen LogP contribution is 2.37. The largest absolute Gasteiger partial charge is 0.454 e. The van der Waals surface area contributed by atoms with E-state index in [1.165, 1.54) is 24.3 Å². The third kappa shape index (κ3) is 5.07. The predicted octanol–water partition coefficient (Wildman–Crippen LogP) is 1.94. The number of benzene rings is 1. The Morgan fingerprint density at radius 3 is 2.21 bits per heavy atom. The number of nitrogens with one attached hydrogen (secondary N) is 1. The number of rotatable bonds is 7. The fourth-order valence-electron chi connectivity index (χ4n) is 3.62. The lowest BCUT2D eigenvalue weighted by Gasteiger charge is -2.19. The maximum Gasteiger partial charge on any atom is 0.387 e. The van der Waals surface area contributed by atoms with Crippen LogP contribution >= 0.6 is 0 Å². The lowest BCUT2D eigenvalue weighted by molar-refractivity contribution is -0.154. The van der Waals surface area contributed by atoms with Gasteiger partial charge in [0.2, 0.25) is 11.8 Å². The molecule has 1 aromatic carbocycles. The fraction of sp³-hybridized carbons (Fsp3) is 0.474. The SMILES string of the molecule is O=C(COC(=O)CN1C(=O)C2CCCCC2C1=O)Nc1ccc(OC(F)F)cc1. The number of ether oxygens (including phenoxy) is 2. The predicted molar refractivity (Wildman–Crippen MR) is 94.8 cm³/mol. The molecule has 2 unspecified atom stereocenters. The number of fused-ring (bicyclic) bond motifs is 1. The first-order valence-electron chi connectivity index (χ1n) is 9.20. The molecule has 156 valence electrons. The molecular formula is C19H20F2N2O6. The van der Waals surface area contributed by atoms with Crippen molar-refractivity contribution in [1.82, 2.24) is 4.90 Å². The van der Waals surface area contributed by atoms with E-state index in [2.05, 4.69) is 10.1 Å². The molecule has 1 heterocycles. The number of nitrogens with zero attached hydrogens (tertiary/aromatic N) is 1. The minimum absolute atomic E-state index is 0.0649. The van der Waals surface area contributed by atoms with E-state index in [0.717, 1.165) is 17.7 Å². The van der Waals surface area contributed by atoms with Crippen molar-refractivity contribution in [1.29, 1.82) is 0 Å². The first-order valence-corrected chi connectivity index (χ1v) is 9.20. The van der Waals surface area contributed by atoms with Crippen LogP contribution in [0.3, 0.4) is 0 Å². The molecule has 1 aliphatic carbocycles. The maximum atomic E-state index is 12.3. The van der Waals surface area contributed by atoms with Gasteiger partial charge in [0, 0.05) is 5.69 Å². The summed E-state index contributed by atoms with van der Waals surface area (Å²) in [7, 11) is 0. The molecule has 10 heteroatoms. The van der Waals surface area contributed by atoms with Crippen LogP contribution in [0.1, 0.15) is 25.7 Å². The van der Waals surface area contributed by atoms with Crippen molar-refractivity contribution in [3.63, 3.8) is 0 Å². The minimum Gasteiger partial charge on any atom is -0.454 e. The van der Waals surface area contributed by atoms with Gasteiger partial charge in [-0.25, -0.2) is 0 Å². The highest BCUT2D eigenvalue weighted by Gasteiger charge is 2.48. The van der Waals surface area contributed by atoms with Crippen molar-refractivity contribution in [2.75, 3.05) is 18.5 Å². The third-order valence-electron chi connectivity index (χ3n) is 4.95. The molecule has 0 spiro atoms. The number of amides is 3. The average Bonchev–Trinajstić information content (AvgIpc) is 2.93. The number of likely N-dealkylation sites (tertiary alicyclic amines) is 1. The Kier molecular flexibility index (Phi) is 6.40. The number of halogens is 2. The summed E-state index contributed by atoms with van der Waals surface area (Å²) in [5.41, 5.74) is 0.293. The van der Waals surface area contributed by atoms with Crippen LogP contribution in [-0.4, -0.2) is 48.4 Å². The lowest BCUT2D eigenvalue weighted by atomic mass is 9.81. The van der Waals surface area contributed by atoms with Crippen molar-refractivity contribution in [2.24, 2.45) is 11.8 Å². The number of imide groups is 1. The first kappa shape index (κ1) is 20.7. The summed E-state index contributed by atoms with van der Waals surface area (Å²) in [4.78, 5) is 49.4. The molecule has 1 aliphatic heterocycles. The van der Waals surface area contributed by atoms with Gasteiger partial charge in [-0.1, -0.05) is 12.8 Å². The van der Waals surface area contributed by atoms with E-state index in [9.17, 15) is 28.0 Å². The molecular weight excluding hydrogens is 390 g/mol. The third-order valence-corrected chi connectivity index (χ3v) is 4.95. The molecule has 1 saturated carbocycles. The summed E-state index contributed by atoms with van der Waals surface area (Å²) in [5.74, 6) is -3.01. The molecule has 2 aliphatic rings. The lowest BCUT2D eigenvalue weighted by Crippen LogP contribution is -2.37. The van der Waals surface area contributed by atoms with Gasteiger partial charge in [0.15, 0.2) is 6.61 Å². The molecule has 2 fully saturated rings. The van der Waals surface area contributed by atoms with Crippen LogP contribution < -0.4 is 10.1 Å². The summed E-state index contributed by atoms with van der Waals surface area (Å²) < 4.78 is 33.2. The van der Waals surface area contributed by atoms with Crippen molar-refractivity contribution >= 4 is 29.4 Å². The molecule has 1 N–H and O–H groups in total. The van der Waals surface area contributed by atoms with Crippen LogP contribution in [0.5, 0.6) is 5.75 Å². The van der Waals surface area contributed by atoms with E-state index in [1.807, 2.05) is 0 Å². The van der Waals surface area contributed by atoms with Crippen LogP contribution in [0.25, 0.3) is 0 Å². The summed E-state index contributed by atoms with van der Waals surface area (Å²) in [6.45, 7) is -4.08. The Balaban J connectivity index is 1.45. The highest BCUT2D eigenvalue weighted by molar-refractivity contribution is 6.07. The van der Waals surface area contributed by atoms with Gasteiger partial charge in [-0.3, -0.25) is 24.1 Å². The topological polar surface area (TPSA) is 102 Å². The van der Waals surface area contributed by atoms with Crippen molar-refractivity contribution in [3.05, 3.63) is 24.3 Å². The summed E-state index contributed by atoms with van der Waals surface area (Å²) in [6, 6.07) is 5.19. The summed E-state index contributed by atoms with van der Waals surface area (Å²) in [6.07, 6.45) is 3.05. The van der Waals surface area contributed by atoms with Gasteiger partial charge < -0.3 is 14.8 Å². The number of hydrogen-bond acceptors (Lipinski definition) is 6. The Hall–Kier alpha value is -3.04. The normalized spacial score (nSPS) is 21.1. The maximum absolute atomic E-state index is 12.3. The Bertz CT molecular complexity index is 774. The average molecular weight is 410 g/mol. The van der Waals surface area contributed by atoms with Crippen LogP contribution in [0.4, 0.5) is 14.5 Å². The molecule has 1 aromatic rings. The van der Waals surface area contributed by atoms with E-state index in [4.69, 9.17) is 4.74 Å². The minimum atomic E-state index is -2.95. The monoisotopic (exact) mass is 410 g/mol. The van der Waals surface area contributed by atoms with Crippen molar-refractivity contribution in [2.45, 2.75) is 32.3 Å². The van der Waals surface area contributed by atoms with Crippen LogP contribution in [0.15, 0.2) is 24.3 Å². The van der Waals surface area contributed by atoms with Crippen molar-refractivity contribution < 1.29 is 37.4 Å². The number of alkyl halides is 2. The molecule has 2 atom stereocenters. The van der Waals surface area contributed by atoms with Gasteiger partial charge in [-0.05, 0) is 37.1 Å². The Morgan fingerprint density at radius 2 is 1.66 bits per heavy atom. The standard InChI is InChI=1S/C19H20F2N2O6/c20-19(21)29-12-7-5-11(6-8-12)22-15(24)10-28-16(25)9-23-17(26)13-3-1-2-4-14(13)18(23)27/h5-8,13-14,19H,1-4,9-10H2,(H,22,24). The molecule has 3 rings (SSSR count). The van der Waals surface area contributed by atoms with E-state index < -0.39 is 31.6 Å². The van der Waals surface area contributed by atoms with E-state index in [0.29, 0.717) is 18.5 Å². The smallest absolute Gasteiger partial charge is 0.387 e. The van der Waals surface area contributed by atoms with E-state index >= 15 is 0 Å². The highest BCUT2D eigenvalue weighted by atomic mass is 19.3. The zero-order valence-electron chi connectivity index (χ0n) is 15.4. The number of esters is 1. The molecule has 1 saturated heterocycles.